The number of hydrogen-bond donors (Lipinski definition) is 3. The molecule has 4 N–H and O–H groups in total. The Hall–Kier alpha value is -2.91. The number of nitrogen functional groups attached to an aromatic ring is 1. The minimum atomic E-state index is -4.46. The van der Waals surface area contributed by atoms with Crippen molar-refractivity contribution in [3.05, 3.63) is 53.3 Å². The van der Waals surface area contributed by atoms with E-state index in [1.54, 1.807) is 0 Å². The molecule has 0 radical (unpaired) electrons. The molecule has 10 heteroatoms. The molecule has 2 rings (SSSR count). The van der Waals surface area contributed by atoms with Gasteiger partial charge in [-0.05, 0) is 36.2 Å². The van der Waals surface area contributed by atoms with Crippen molar-refractivity contribution in [1.82, 2.24) is 0 Å². The second kappa shape index (κ2) is 11.1. The fourth-order valence-corrected chi connectivity index (χ4v) is 2.95. The molecule has 0 aliphatic carbocycles. The van der Waals surface area contributed by atoms with Crippen LogP contribution in [0.2, 0.25) is 0 Å². The fourth-order valence-electron chi connectivity index (χ4n) is 2.95. The molecule has 1 amide bonds. The third-order valence-corrected chi connectivity index (χ3v) is 4.85. The molecule has 2 atom stereocenters. The third-order valence-electron chi connectivity index (χ3n) is 4.85. The number of alkyl halides is 5. The van der Waals surface area contributed by atoms with Crippen LogP contribution in [0.25, 0.3) is 0 Å². The minimum Gasteiger partial charge on any atom is -0.395 e. The van der Waals surface area contributed by atoms with Crippen LogP contribution < -0.4 is 16.4 Å². The fraction of sp³-hybridized carbons (Fsp3) is 0.409. The van der Waals surface area contributed by atoms with E-state index in [1.165, 1.54) is 24.3 Å². The second-order valence-corrected chi connectivity index (χ2v) is 7.34. The second-order valence-electron chi connectivity index (χ2n) is 7.34. The molecule has 0 spiro atoms. The molecule has 0 aromatic heterocycles. The van der Waals surface area contributed by atoms with E-state index >= 15 is 0 Å². The smallest absolute Gasteiger partial charge is 0.395 e. The molecular weight excluding hydrogens is 436 g/mol. The highest BCUT2D eigenvalue weighted by Crippen LogP contribution is 2.31. The third kappa shape index (κ3) is 6.80. The van der Waals surface area contributed by atoms with Crippen molar-refractivity contribution in [2.75, 3.05) is 16.4 Å². The number of halogens is 6. The molecule has 176 valence electrons. The van der Waals surface area contributed by atoms with E-state index in [2.05, 4.69) is 10.6 Å². The predicted molar refractivity (Wildman–Crippen MR) is 112 cm³/mol. The zero-order chi connectivity index (χ0) is 23.9. The van der Waals surface area contributed by atoms with Crippen molar-refractivity contribution in [2.45, 2.75) is 57.7 Å². The molecule has 0 saturated heterocycles. The summed E-state index contributed by atoms with van der Waals surface area (Å²) in [6.45, 7) is 1.92. The molecule has 0 unspecified atom stereocenters. The molecule has 0 saturated carbocycles. The highest BCUT2D eigenvalue weighted by atomic mass is 19.4. The first kappa shape index (κ1) is 25.4. The highest BCUT2D eigenvalue weighted by Gasteiger charge is 2.30. The van der Waals surface area contributed by atoms with Crippen molar-refractivity contribution >= 4 is 23.0 Å². The van der Waals surface area contributed by atoms with Gasteiger partial charge in [-0.25, -0.2) is 13.2 Å². The lowest BCUT2D eigenvalue weighted by atomic mass is 10.1. The van der Waals surface area contributed by atoms with E-state index < -0.39 is 41.5 Å². The number of carbonyl (C=O) groups excluding carboxylic acids is 1. The number of amides is 1. The lowest BCUT2D eigenvalue weighted by Gasteiger charge is -2.16. The number of nitrogens with one attached hydrogen (secondary N) is 2. The summed E-state index contributed by atoms with van der Waals surface area (Å²) in [4.78, 5) is 11.9. The van der Waals surface area contributed by atoms with E-state index in [1.807, 2.05) is 6.92 Å². The zero-order valence-electron chi connectivity index (χ0n) is 17.4. The van der Waals surface area contributed by atoms with Gasteiger partial charge >= 0.3 is 6.18 Å². The first-order valence-electron chi connectivity index (χ1n) is 10.1. The van der Waals surface area contributed by atoms with Crippen LogP contribution in [-0.2, 0) is 17.5 Å². The van der Waals surface area contributed by atoms with Crippen LogP contribution in [0.3, 0.4) is 0 Å². The van der Waals surface area contributed by atoms with Crippen molar-refractivity contribution in [3.8, 4) is 0 Å². The van der Waals surface area contributed by atoms with Crippen molar-refractivity contribution in [1.29, 1.82) is 0 Å². The molecule has 2 aromatic rings. The van der Waals surface area contributed by atoms with Crippen LogP contribution >= 0.6 is 0 Å². The van der Waals surface area contributed by atoms with Gasteiger partial charge in [-0.2, -0.15) is 13.2 Å². The number of benzene rings is 2. The van der Waals surface area contributed by atoms with Crippen LogP contribution in [0, 0.1) is 5.82 Å². The number of nitrogens with two attached hydrogens (primary N) is 1. The van der Waals surface area contributed by atoms with Crippen LogP contribution in [0.4, 0.5) is 43.4 Å². The Bertz CT molecular complexity index is 902. The van der Waals surface area contributed by atoms with E-state index in [9.17, 15) is 31.1 Å². The summed E-state index contributed by atoms with van der Waals surface area (Å²) in [6.07, 6.45) is -6.95. The van der Waals surface area contributed by atoms with Gasteiger partial charge in [0.15, 0.2) is 5.82 Å². The first-order valence-corrected chi connectivity index (χ1v) is 10.1. The predicted octanol–water partition coefficient (Wildman–Crippen LogP) is 6.23. The van der Waals surface area contributed by atoms with E-state index in [0.717, 1.165) is 18.6 Å². The maximum Gasteiger partial charge on any atom is 0.416 e. The van der Waals surface area contributed by atoms with Crippen LogP contribution in [0.5, 0.6) is 0 Å². The van der Waals surface area contributed by atoms with Gasteiger partial charge in [-0.15, -0.1) is 0 Å². The summed E-state index contributed by atoms with van der Waals surface area (Å²) < 4.78 is 80.2. The van der Waals surface area contributed by atoms with Gasteiger partial charge in [0, 0.05) is 6.54 Å². The van der Waals surface area contributed by atoms with Gasteiger partial charge < -0.3 is 16.4 Å². The number of anilines is 3. The topological polar surface area (TPSA) is 67.2 Å². The van der Waals surface area contributed by atoms with Gasteiger partial charge in [0.1, 0.15) is 6.17 Å². The van der Waals surface area contributed by atoms with Crippen LogP contribution in [0.15, 0.2) is 36.4 Å². The molecular formula is C22H25F6N3O. The molecule has 4 nitrogen and oxygen atoms in total. The molecule has 0 heterocycles. The van der Waals surface area contributed by atoms with Gasteiger partial charge in [-0.3, -0.25) is 4.79 Å². The normalized spacial score (nSPS) is 13.5. The molecule has 2 aromatic carbocycles. The van der Waals surface area contributed by atoms with Gasteiger partial charge in [0.05, 0.1) is 22.6 Å². The van der Waals surface area contributed by atoms with Gasteiger partial charge in [0.25, 0.3) is 5.91 Å². The van der Waals surface area contributed by atoms with Crippen molar-refractivity contribution in [3.63, 3.8) is 0 Å². The Morgan fingerprint density at radius 3 is 2.25 bits per heavy atom. The molecule has 32 heavy (non-hydrogen) atoms. The van der Waals surface area contributed by atoms with Crippen molar-refractivity contribution in [2.24, 2.45) is 0 Å². The molecule has 0 bridgehead atoms. The Morgan fingerprint density at radius 1 is 1.03 bits per heavy atom. The summed E-state index contributed by atoms with van der Waals surface area (Å²) >= 11 is 0. The summed E-state index contributed by atoms with van der Waals surface area (Å²) in [5.74, 6) is -2.20. The summed E-state index contributed by atoms with van der Waals surface area (Å²) in [5, 5.41) is 4.79. The quantitative estimate of drug-likeness (QED) is 0.223. The molecule has 0 aliphatic heterocycles. The number of rotatable bonds is 10. The van der Waals surface area contributed by atoms with Crippen molar-refractivity contribution < 1.29 is 31.1 Å². The molecule has 0 aliphatic rings. The Labute approximate surface area is 182 Å². The minimum absolute atomic E-state index is 0.00798. The van der Waals surface area contributed by atoms with Gasteiger partial charge in [0.2, 0.25) is 6.17 Å². The van der Waals surface area contributed by atoms with E-state index in [-0.39, 0.29) is 24.3 Å². The molecule has 0 fully saturated rings. The largest absolute Gasteiger partial charge is 0.416 e. The summed E-state index contributed by atoms with van der Waals surface area (Å²) in [6, 6.07) is 6.78. The SMILES string of the molecule is CCCCC[C@@H](F)[C@H](F)C(=O)Nc1ccc(NCc2ccc(C(F)(F)F)cc2)c(F)c1N. The van der Waals surface area contributed by atoms with E-state index in [0.29, 0.717) is 18.4 Å². The van der Waals surface area contributed by atoms with E-state index in [4.69, 9.17) is 5.73 Å². The highest BCUT2D eigenvalue weighted by molar-refractivity contribution is 5.97. The lowest BCUT2D eigenvalue weighted by molar-refractivity contribution is -0.137. The Morgan fingerprint density at radius 2 is 1.66 bits per heavy atom. The maximum atomic E-state index is 14.5. The lowest BCUT2D eigenvalue weighted by Crippen LogP contribution is -2.32. The number of carbonyl (C=O) groups is 1. The average Bonchev–Trinajstić information content (AvgIpc) is 2.75. The monoisotopic (exact) mass is 461 g/mol. The number of unbranched alkanes of at least 4 members (excludes halogenated alkanes) is 2. The average molecular weight is 461 g/mol. The summed E-state index contributed by atoms with van der Waals surface area (Å²) in [7, 11) is 0. The Balaban J connectivity index is 2.00. The van der Waals surface area contributed by atoms with Crippen LogP contribution in [0.1, 0.15) is 43.7 Å². The standard InChI is InChI=1S/C22H25F6N3O/c1-2-3-4-5-15(23)18(24)21(32)31-17-11-10-16(19(25)20(17)29)30-12-13-6-8-14(9-7-13)22(26,27)28/h6-11,15,18,30H,2-5,12,29H2,1H3,(H,31,32)/t15-,18+/m1/s1. The van der Waals surface area contributed by atoms with Gasteiger partial charge in [-0.1, -0.05) is 38.3 Å². The zero-order valence-corrected chi connectivity index (χ0v) is 17.4. The number of hydrogen-bond acceptors (Lipinski definition) is 3. The van der Waals surface area contributed by atoms with Crippen LogP contribution in [-0.4, -0.2) is 18.3 Å². The first-order chi connectivity index (χ1) is 15.0. The summed E-state index contributed by atoms with van der Waals surface area (Å²) in [5.41, 5.74) is 4.57. The Kier molecular flexibility index (Phi) is 8.80. The maximum absolute atomic E-state index is 14.5.